The lowest BCUT2D eigenvalue weighted by atomic mass is 9.95. The lowest BCUT2D eigenvalue weighted by Crippen LogP contribution is -2.29. The Labute approximate surface area is 91.2 Å². The highest BCUT2D eigenvalue weighted by Gasteiger charge is 2.18. The second kappa shape index (κ2) is 5.14. The lowest BCUT2D eigenvalue weighted by Gasteiger charge is -2.22. The van der Waals surface area contributed by atoms with E-state index in [9.17, 15) is 0 Å². The van der Waals surface area contributed by atoms with Crippen LogP contribution in [0.25, 0.3) is 0 Å². The molecular weight excluding hydrogens is 190 g/mol. The van der Waals surface area contributed by atoms with Crippen LogP contribution in [0.15, 0.2) is 24.3 Å². The maximum atomic E-state index is 6.05. The molecule has 3 nitrogen and oxygen atoms in total. The summed E-state index contributed by atoms with van der Waals surface area (Å²) in [6.07, 6.45) is 0. The molecule has 0 amide bonds. The summed E-state index contributed by atoms with van der Waals surface area (Å²) in [6, 6.07) is 7.83. The summed E-state index contributed by atoms with van der Waals surface area (Å²) in [6.45, 7) is 5.06. The van der Waals surface area contributed by atoms with Gasteiger partial charge in [-0.15, -0.1) is 0 Å². The summed E-state index contributed by atoms with van der Waals surface area (Å²) >= 11 is 0. The zero-order valence-corrected chi connectivity index (χ0v) is 9.62. The van der Waals surface area contributed by atoms with Crippen LogP contribution in [-0.2, 0) is 10.3 Å². The summed E-state index contributed by atoms with van der Waals surface area (Å²) in [5.41, 5.74) is 6.68. The molecule has 84 valence electrons. The number of para-hydroxylation sites is 1. The van der Waals surface area contributed by atoms with E-state index >= 15 is 0 Å². The summed E-state index contributed by atoms with van der Waals surface area (Å²) < 4.78 is 10.5. The van der Waals surface area contributed by atoms with E-state index in [0.717, 1.165) is 11.3 Å². The van der Waals surface area contributed by atoms with E-state index in [0.29, 0.717) is 13.2 Å². The molecule has 0 spiro atoms. The van der Waals surface area contributed by atoms with Gasteiger partial charge in [0.15, 0.2) is 0 Å². The number of methoxy groups -OCH3 is 1. The number of hydrogen-bond acceptors (Lipinski definition) is 3. The van der Waals surface area contributed by atoms with Crippen molar-refractivity contribution in [3.05, 3.63) is 29.8 Å². The molecule has 1 aromatic carbocycles. The normalized spacial score (nSPS) is 11.5. The molecule has 0 aromatic heterocycles. The first-order valence-corrected chi connectivity index (χ1v) is 5.06. The number of benzene rings is 1. The Morgan fingerprint density at radius 1 is 1.20 bits per heavy atom. The third-order valence-electron chi connectivity index (χ3n) is 2.13. The largest absolute Gasteiger partial charge is 0.491 e. The maximum absolute atomic E-state index is 6.05. The van der Waals surface area contributed by atoms with Crippen molar-refractivity contribution in [3.8, 4) is 5.75 Å². The molecule has 3 heteroatoms. The number of hydrogen-bond donors (Lipinski definition) is 1. The Morgan fingerprint density at radius 3 is 2.47 bits per heavy atom. The van der Waals surface area contributed by atoms with Gasteiger partial charge in [-0.2, -0.15) is 0 Å². The van der Waals surface area contributed by atoms with Crippen LogP contribution in [0.1, 0.15) is 19.4 Å². The molecule has 2 N–H and O–H groups in total. The van der Waals surface area contributed by atoms with Crippen LogP contribution in [0.2, 0.25) is 0 Å². The Bertz CT molecular complexity index is 305. The van der Waals surface area contributed by atoms with Gasteiger partial charge in [0.1, 0.15) is 12.4 Å². The van der Waals surface area contributed by atoms with Crippen molar-refractivity contribution in [1.82, 2.24) is 0 Å². The van der Waals surface area contributed by atoms with Gasteiger partial charge in [0.25, 0.3) is 0 Å². The van der Waals surface area contributed by atoms with E-state index in [1.165, 1.54) is 0 Å². The van der Waals surface area contributed by atoms with Gasteiger partial charge in [0.05, 0.1) is 6.61 Å². The monoisotopic (exact) mass is 209 g/mol. The predicted molar refractivity (Wildman–Crippen MR) is 61.0 cm³/mol. The van der Waals surface area contributed by atoms with Gasteiger partial charge in [0.2, 0.25) is 0 Å². The summed E-state index contributed by atoms with van der Waals surface area (Å²) in [7, 11) is 1.65. The highest BCUT2D eigenvalue weighted by atomic mass is 16.5. The molecule has 0 unspecified atom stereocenters. The highest BCUT2D eigenvalue weighted by molar-refractivity contribution is 5.37. The molecule has 0 heterocycles. The van der Waals surface area contributed by atoms with Gasteiger partial charge in [-0.25, -0.2) is 0 Å². The average molecular weight is 209 g/mol. The molecular formula is C12H19NO2. The standard InChI is InChI=1S/C12H19NO2/c1-12(2,13)10-6-4-5-7-11(10)15-9-8-14-3/h4-7H,8-9,13H2,1-3H3. The van der Waals surface area contributed by atoms with Crippen LogP contribution in [0, 0.1) is 0 Å². The predicted octanol–water partition coefficient (Wildman–Crippen LogP) is 1.91. The minimum Gasteiger partial charge on any atom is -0.491 e. The molecule has 0 atom stereocenters. The minimum atomic E-state index is -0.385. The van der Waals surface area contributed by atoms with E-state index in [1.807, 2.05) is 38.1 Å². The molecule has 0 aliphatic heterocycles. The summed E-state index contributed by atoms with van der Waals surface area (Å²) in [5, 5.41) is 0. The van der Waals surface area contributed by atoms with Crippen LogP contribution >= 0.6 is 0 Å². The van der Waals surface area contributed by atoms with Crippen molar-refractivity contribution in [2.45, 2.75) is 19.4 Å². The molecule has 0 saturated carbocycles. The van der Waals surface area contributed by atoms with Gasteiger partial charge in [-0.3, -0.25) is 0 Å². The van der Waals surface area contributed by atoms with Crippen LogP contribution in [0.4, 0.5) is 0 Å². The first kappa shape index (κ1) is 12.0. The van der Waals surface area contributed by atoms with Crippen molar-refractivity contribution in [2.24, 2.45) is 5.73 Å². The van der Waals surface area contributed by atoms with Gasteiger partial charge in [-0.05, 0) is 19.9 Å². The minimum absolute atomic E-state index is 0.385. The Hall–Kier alpha value is -1.06. The number of rotatable bonds is 5. The zero-order valence-electron chi connectivity index (χ0n) is 9.62. The van der Waals surface area contributed by atoms with Crippen molar-refractivity contribution in [2.75, 3.05) is 20.3 Å². The molecule has 0 saturated heterocycles. The van der Waals surface area contributed by atoms with E-state index in [-0.39, 0.29) is 5.54 Å². The quantitative estimate of drug-likeness (QED) is 0.753. The van der Waals surface area contributed by atoms with Crippen molar-refractivity contribution >= 4 is 0 Å². The molecule has 0 aliphatic carbocycles. The van der Waals surface area contributed by atoms with Crippen LogP contribution in [-0.4, -0.2) is 20.3 Å². The molecule has 0 radical (unpaired) electrons. The zero-order chi connectivity index (χ0) is 11.3. The molecule has 1 rings (SSSR count). The Morgan fingerprint density at radius 2 is 1.87 bits per heavy atom. The highest BCUT2D eigenvalue weighted by Crippen LogP contribution is 2.27. The first-order valence-electron chi connectivity index (χ1n) is 5.06. The molecule has 1 aromatic rings. The smallest absolute Gasteiger partial charge is 0.124 e. The Balaban J connectivity index is 2.78. The Kier molecular flexibility index (Phi) is 4.12. The fraction of sp³-hybridized carbons (Fsp3) is 0.500. The van der Waals surface area contributed by atoms with Crippen molar-refractivity contribution in [1.29, 1.82) is 0 Å². The topological polar surface area (TPSA) is 44.5 Å². The molecule has 0 aliphatic rings. The summed E-state index contributed by atoms with van der Waals surface area (Å²) in [4.78, 5) is 0. The average Bonchev–Trinajstić information content (AvgIpc) is 2.17. The first-order chi connectivity index (χ1) is 7.05. The second-order valence-electron chi connectivity index (χ2n) is 4.06. The summed E-state index contributed by atoms with van der Waals surface area (Å²) in [5.74, 6) is 0.835. The fourth-order valence-electron chi connectivity index (χ4n) is 1.36. The molecule has 0 fully saturated rings. The van der Waals surface area contributed by atoms with Crippen LogP contribution in [0.3, 0.4) is 0 Å². The van der Waals surface area contributed by atoms with Crippen molar-refractivity contribution in [3.63, 3.8) is 0 Å². The van der Waals surface area contributed by atoms with Gasteiger partial charge < -0.3 is 15.2 Å². The SMILES string of the molecule is COCCOc1ccccc1C(C)(C)N. The molecule has 15 heavy (non-hydrogen) atoms. The van der Waals surface area contributed by atoms with Gasteiger partial charge >= 0.3 is 0 Å². The third-order valence-corrected chi connectivity index (χ3v) is 2.13. The van der Waals surface area contributed by atoms with Gasteiger partial charge in [0, 0.05) is 18.2 Å². The van der Waals surface area contributed by atoms with Crippen LogP contribution in [0.5, 0.6) is 5.75 Å². The number of ether oxygens (including phenoxy) is 2. The van der Waals surface area contributed by atoms with Crippen molar-refractivity contribution < 1.29 is 9.47 Å². The van der Waals surface area contributed by atoms with E-state index in [1.54, 1.807) is 7.11 Å². The lowest BCUT2D eigenvalue weighted by molar-refractivity contribution is 0.145. The third kappa shape index (κ3) is 3.53. The maximum Gasteiger partial charge on any atom is 0.124 e. The van der Waals surface area contributed by atoms with E-state index in [4.69, 9.17) is 15.2 Å². The second-order valence-corrected chi connectivity index (χ2v) is 4.06. The molecule has 0 bridgehead atoms. The van der Waals surface area contributed by atoms with Gasteiger partial charge in [-0.1, -0.05) is 18.2 Å². The van der Waals surface area contributed by atoms with Crippen LogP contribution < -0.4 is 10.5 Å². The fourth-order valence-corrected chi connectivity index (χ4v) is 1.36. The van der Waals surface area contributed by atoms with E-state index < -0.39 is 0 Å². The van der Waals surface area contributed by atoms with E-state index in [2.05, 4.69) is 0 Å². The number of nitrogens with two attached hydrogens (primary N) is 1.